The normalized spacial score (nSPS) is 11.9. The van der Waals surface area contributed by atoms with Crippen LogP contribution in [0.25, 0.3) is 0 Å². The highest BCUT2D eigenvalue weighted by molar-refractivity contribution is 5.02. The Balaban J connectivity index is 2.59. The molecular weight excluding hydrogens is 252 g/mol. The van der Waals surface area contributed by atoms with Gasteiger partial charge >= 0.3 is 5.76 Å². The van der Waals surface area contributed by atoms with E-state index in [-0.39, 0.29) is 5.41 Å². The number of rotatable bonds is 11. The Morgan fingerprint density at radius 3 is 1.95 bits per heavy atom. The summed E-state index contributed by atoms with van der Waals surface area (Å²) >= 11 is 0. The number of unbranched alkanes of at least 4 members (excludes halogenated alkanes) is 6. The fraction of sp³-hybridized carbons (Fsp3) is 0.875. The summed E-state index contributed by atoms with van der Waals surface area (Å²) in [5.41, 5.74) is -0.0480. The van der Waals surface area contributed by atoms with Crippen LogP contribution in [0.4, 0.5) is 0 Å². The Labute approximate surface area is 122 Å². The lowest BCUT2D eigenvalue weighted by atomic mass is 9.79. The fourth-order valence-electron chi connectivity index (χ4n) is 2.74. The molecule has 20 heavy (non-hydrogen) atoms. The molecule has 4 nitrogen and oxygen atoms in total. The zero-order valence-corrected chi connectivity index (χ0v) is 13.3. The van der Waals surface area contributed by atoms with E-state index >= 15 is 0 Å². The number of H-pyrrole nitrogens is 1. The fourth-order valence-corrected chi connectivity index (χ4v) is 2.74. The number of aromatic nitrogens is 2. The monoisotopic (exact) mass is 282 g/mol. The highest BCUT2D eigenvalue weighted by Gasteiger charge is 2.30. The summed E-state index contributed by atoms with van der Waals surface area (Å²) in [5, 5.41) is 3.94. The van der Waals surface area contributed by atoms with Crippen molar-refractivity contribution >= 4 is 0 Å². The summed E-state index contributed by atoms with van der Waals surface area (Å²) in [6, 6.07) is 0. The average molecular weight is 282 g/mol. The van der Waals surface area contributed by atoms with Crippen LogP contribution in [-0.2, 0) is 5.41 Å². The molecule has 0 aliphatic heterocycles. The molecule has 1 N–H and O–H groups in total. The molecule has 1 aromatic heterocycles. The summed E-state index contributed by atoms with van der Waals surface area (Å²) in [5.74, 6) is 0.295. The van der Waals surface area contributed by atoms with Gasteiger partial charge in [0, 0.05) is 5.41 Å². The summed E-state index contributed by atoms with van der Waals surface area (Å²) in [4.78, 5) is 14.0. The molecule has 0 radical (unpaired) electrons. The molecule has 0 unspecified atom stereocenters. The third-order valence-electron chi connectivity index (χ3n) is 4.18. The van der Waals surface area contributed by atoms with E-state index in [0.717, 1.165) is 18.7 Å². The Morgan fingerprint density at radius 1 is 1.00 bits per heavy atom. The van der Waals surface area contributed by atoms with Crippen LogP contribution in [0.2, 0.25) is 0 Å². The van der Waals surface area contributed by atoms with Gasteiger partial charge in [0.25, 0.3) is 0 Å². The van der Waals surface area contributed by atoms with Crippen molar-refractivity contribution in [1.29, 1.82) is 0 Å². The van der Waals surface area contributed by atoms with E-state index in [0.29, 0.717) is 0 Å². The maximum atomic E-state index is 11.2. The van der Waals surface area contributed by atoms with Crippen LogP contribution in [0.3, 0.4) is 0 Å². The summed E-state index contributed by atoms with van der Waals surface area (Å²) < 4.78 is 4.70. The minimum Gasteiger partial charge on any atom is -0.296 e. The molecule has 0 aromatic carbocycles. The van der Waals surface area contributed by atoms with E-state index in [9.17, 15) is 4.79 Å². The van der Waals surface area contributed by atoms with Gasteiger partial charge in [0.05, 0.1) is 0 Å². The molecular formula is C16H30N2O2. The SMILES string of the molecule is CCCCCCC(C)(CCCCCC)c1noc(=O)[nH]1. The third-order valence-corrected chi connectivity index (χ3v) is 4.18. The number of nitrogens with zero attached hydrogens (tertiary/aromatic N) is 1. The second-order valence-electron chi connectivity index (χ2n) is 6.13. The van der Waals surface area contributed by atoms with E-state index in [1.165, 1.54) is 51.4 Å². The molecule has 4 heteroatoms. The van der Waals surface area contributed by atoms with Crippen molar-refractivity contribution in [2.75, 3.05) is 0 Å². The van der Waals surface area contributed by atoms with Crippen LogP contribution in [0.15, 0.2) is 9.32 Å². The Morgan fingerprint density at radius 2 is 1.55 bits per heavy atom. The second kappa shape index (κ2) is 8.98. The van der Waals surface area contributed by atoms with Crippen molar-refractivity contribution in [3.8, 4) is 0 Å². The molecule has 116 valence electrons. The summed E-state index contributed by atoms with van der Waals surface area (Å²) in [7, 11) is 0. The molecule has 0 amide bonds. The number of aromatic amines is 1. The molecule has 0 atom stereocenters. The zero-order valence-electron chi connectivity index (χ0n) is 13.3. The first-order chi connectivity index (χ1) is 9.62. The number of hydrogen-bond donors (Lipinski definition) is 1. The molecule has 0 fully saturated rings. The Hall–Kier alpha value is -1.06. The van der Waals surface area contributed by atoms with Gasteiger partial charge in [0.2, 0.25) is 0 Å². The first kappa shape index (κ1) is 17.0. The first-order valence-corrected chi connectivity index (χ1v) is 8.19. The van der Waals surface area contributed by atoms with E-state index in [2.05, 4.69) is 30.9 Å². The molecule has 1 heterocycles. The van der Waals surface area contributed by atoms with Gasteiger partial charge in [-0.25, -0.2) is 4.79 Å². The van der Waals surface area contributed by atoms with Gasteiger partial charge in [-0.3, -0.25) is 9.51 Å². The van der Waals surface area contributed by atoms with Crippen LogP contribution in [0, 0.1) is 0 Å². The van der Waals surface area contributed by atoms with Gasteiger partial charge in [0.15, 0.2) is 5.82 Å². The van der Waals surface area contributed by atoms with Crippen molar-refractivity contribution in [3.05, 3.63) is 16.4 Å². The van der Waals surface area contributed by atoms with Crippen LogP contribution in [0.5, 0.6) is 0 Å². The topological polar surface area (TPSA) is 58.9 Å². The van der Waals surface area contributed by atoms with Gasteiger partial charge in [-0.2, -0.15) is 0 Å². The average Bonchev–Trinajstić information content (AvgIpc) is 2.87. The van der Waals surface area contributed by atoms with Crippen LogP contribution < -0.4 is 5.76 Å². The standard InChI is InChI=1S/C16H30N2O2/c1-4-6-8-10-12-16(3,13-11-9-7-5-2)14-17-15(19)20-18-14/h4-13H2,1-3H3,(H,17,18,19). The molecule has 1 aromatic rings. The molecule has 0 aliphatic rings. The number of hydrogen-bond acceptors (Lipinski definition) is 3. The quantitative estimate of drug-likeness (QED) is 0.605. The lowest BCUT2D eigenvalue weighted by molar-refractivity contribution is 0.318. The molecule has 1 rings (SSSR count). The molecule has 0 bridgehead atoms. The van der Waals surface area contributed by atoms with Crippen LogP contribution in [-0.4, -0.2) is 10.1 Å². The summed E-state index contributed by atoms with van der Waals surface area (Å²) in [6.45, 7) is 6.65. The third kappa shape index (κ3) is 5.51. The molecule has 0 aliphatic carbocycles. The van der Waals surface area contributed by atoms with E-state index < -0.39 is 5.76 Å². The van der Waals surface area contributed by atoms with E-state index in [4.69, 9.17) is 4.52 Å². The van der Waals surface area contributed by atoms with Gasteiger partial charge in [-0.1, -0.05) is 77.3 Å². The zero-order chi connectivity index (χ0) is 14.8. The van der Waals surface area contributed by atoms with E-state index in [1.807, 2.05) is 0 Å². The first-order valence-electron chi connectivity index (χ1n) is 8.19. The van der Waals surface area contributed by atoms with Gasteiger partial charge in [0.1, 0.15) is 0 Å². The highest BCUT2D eigenvalue weighted by atomic mass is 16.5. The van der Waals surface area contributed by atoms with Crippen molar-refractivity contribution < 1.29 is 4.52 Å². The predicted molar refractivity (Wildman–Crippen MR) is 82.0 cm³/mol. The Kier molecular flexibility index (Phi) is 7.63. The van der Waals surface area contributed by atoms with Crippen LogP contribution >= 0.6 is 0 Å². The minimum atomic E-state index is -0.437. The van der Waals surface area contributed by atoms with Crippen molar-refractivity contribution in [3.63, 3.8) is 0 Å². The second-order valence-corrected chi connectivity index (χ2v) is 6.13. The molecule has 0 saturated heterocycles. The number of nitrogens with one attached hydrogen (secondary N) is 1. The van der Waals surface area contributed by atoms with Crippen molar-refractivity contribution in [2.24, 2.45) is 0 Å². The Bertz CT molecular complexity index is 397. The summed E-state index contributed by atoms with van der Waals surface area (Å²) in [6.07, 6.45) is 12.1. The molecule has 0 saturated carbocycles. The largest absolute Gasteiger partial charge is 0.438 e. The lowest BCUT2D eigenvalue weighted by Gasteiger charge is -2.26. The van der Waals surface area contributed by atoms with Crippen LogP contribution in [0.1, 0.15) is 90.8 Å². The van der Waals surface area contributed by atoms with Crippen molar-refractivity contribution in [2.45, 2.75) is 90.4 Å². The highest BCUT2D eigenvalue weighted by Crippen LogP contribution is 2.32. The minimum absolute atomic E-state index is 0.0480. The van der Waals surface area contributed by atoms with Gasteiger partial charge in [-0.05, 0) is 12.8 Å². The smallest absolute Gasteiger partial charge is 0.296 e. The van der Waals surface area contributed by atoms with Crippen molar-refractivity contribution in [1.82, 2.24) is 10.1 Å². The maximum Gasteiger partial charge on any atom is 0.438 e. The lowest BCUT2D eigenvalue weighted by Crippen LogP contribution is -2.24. The van der Waals surface area contributed by atoms with E-state index in [1.54, 1.807) is 0 Å². The van der Waals surface area contributed by atoms with Gasteiger partial charge < -0.3 is 0 Å². The molecule has 0 spiro atoms. The predicted octanol–water partition coefficient (Wildman–Crippen LogP) is 4.56. The van der Waals surface area contributed by atoms with Gasteiger partial charge in [-0.15, -0.1) is 0 Å². The maximum absolute atomic E-state index is 11.2.